The van der Waals surface area contributed by atoms with Crippen LogP contribution in [-0.4, -0.2) is 18.1 Å². The predicted molar refractivity (Wildman–Crippen MR) is 91.0 cm³/mol. The third kappa shape index (κ3) is 3.91. The van der Waals surface area contributed by atoms with Crippen LogP contribution in [0.2, 0.25) is 0 Å². The smallest absolute Gasteiger partial charge is 0.416 e. The summed E-state index contributed by atoms with van der Waals surface area (Å²) < 4.78 is 71.0. The standard InChI is InChI=1S/C17H11F3N2O4S/c18-17(19,20)11-4-2-5-12(9-11)21-22-16-13(23)8-7-10-3-1-6-14(15(10)16)27(24,25)26/h1-9,23H,(H,24,25,26). The second kappa shape index (κ2) is 6.63. The molecular formula is C17H11F3N2O4S. The van der Waals surface area contributed by atoms with Crippen LogP contribution < -0.4 is 0 Å². The fourth-order valence-electron chi connectivity index (χ4n) is 2.48. The Labute approximate surface area is 151 Å². The number of nitrogens with zero attached hydrogens (tertiary/aromatic N) is 2. The van der Waals surface area contributed by atoms with E-state index in [1.165, 1.54) is 30.3 Å². The Morgan fingerprint density at radius 3 is 2.30 bits per heavy atom. The third-order valence-corrected chi connectivity index (χ3v) is 4.57. The molecule has 0 unspecified atom stereocenters. The molecule has 0 spiro atoms. The van der Waals surface area contributed by atoms with Gasteiger partial charge in [0.1, 0.15) is 16.3 Å². The summed E-state index contributed by atoms with van der Waals surface area (Å²) in [6.07, 6.45) is -4.56. The predicted octanol–water partition coefficient (Wildman–Crippen LogP) is 5.23. The molecular weight excluding hydrogens is 385 g/mol. The minimum absolute atomic E-state index is 0.101. The van der Waals surface area contributed by atoms with E-state index in [1.807, 2.05) is 0 Å². The molecule has 0 radical (unpaired) electrons. The van der Waals surface area contributed by atoms with Crippen molar-refractivity contribution < 1.29 is 31.2 Å². The summed E-state index contributed by atoms with van der Waals surface area (Å²) in [6, 6.07) is 10.7. The van der Waals surface area contributed by atoms with Crippen LogP contribution in [-0.2, 0) is 16.3 Å². The lowest BCUT2D eigenvalue weighted by Gasteiger charge is -2.08. The number of hydrogen-bond acceptors (Lipinski definition) is 5. The second-order valence-electron chi connectivity index (χ2n) is 5.51. The molecule has 10 heteroatoms. The summed E-state index contributed by atoms with van der Waals surface area (Å²) in [5.41, 5.74) is -1.37. The highest BCUT2D eigenvalue weighted by Crippen LogP contribution is 2.40. The lowest BCUT2D eigenvalue weighted by Crippen LogP contribution is -2.03. The lowest BCUT2D eigenvalue weighted by atomic mass is 10.1. The molecule has 27 heavy (non-hydrogen) atoms. The first-order chi connectivity index (χ1) is 12.6. The third-order valence-electron chi connectivity index (χ3n) is 3.68. The lowest BCUT2D eigenvalue weighted by molar-refractivity contribution is -0.137. The Morgan fingerprint density at radius 1 is 0.926 bits per heavy atom. The van der Waals surface area contributed by atoms with Crippen LogP contribution in [0.25, 0.3) is 10.8 Å². The molecule has 3 aromatic rings. The van der Waals surface area contributed by atoms with Crippen LogP contribution in [0.1, 0.15) is 5.56 Å². The van der Waals surface area contributed by atoms with Crippen LogP contribution in [0.4, 0.5) is 24.5 Å². The zero-order valence-electron chi connectivity index (χ0n) is 13.3. The first-order valence-corrected chi connectivity index (χ1v) is 8.82. The average Bonchev–Trinajstić information content (AvgIpc) is 2.59. The van der Waals surface area contributed by atoms with Crippen LogP contribution in [0.5, 0.6) is 5.75 Å². The number of aromatic hydroxyl groups is 1. The van der Waals surface area contributed by atoms with Crippen molar-refractivity contribution in [1.82, 2.24) is 0 Å². The van der Waals surface area contributed by atoms with E-state index in [1.54, 1.807) is 0 Å². The molecule has 3 rings (SSSR count). The van der Waals surface area contributed by atoms with Gasteiger partial charge in [-0.05, 0) is 35.7 Å². The van der Waals surface area contributed by atoms with Crippen molar-refractivity contribution in [3.63, 3.8) is 0 Å². The topological polar surface area (TPSA) is 99.3 Å². The largest absolute Gasteiger partial charge is 0.506 e. The van der Waals surface area contributed by atoms with Gasteiger partial charge in [0.15, 0.2) is 0 Å². The number of alkyl halides is 3. The number of benzene rings is 3. The zero-order valence-corrected chi connectivity index (χ0v) is 14.2. The number of halogens is 3. The molecule has 0 saturated carbocycles. The summed E-state index contributed by atoms with van der Waals surface area (Å²) in [7, 11) is -4.64. The molecule has 0 aliphatic heterocycles. The summed E-state index contributed by atoms with van der Waals surface area (Å²) in [6.45, 7) is 0. The van der Waals surface area contributed by atoms with Gasteiger partial charge in [-0.1, -0.05) is 24.3 Å². The molecule has 0 fully saturated rings. The maximum absolute atomic E-state index is 12.8. The van der Waals surface area contributed by atoms with Gasteiger partial charge in [-0.3, -0.25) is 4.55 Å². The van der Waals surface area contributed by atoms with Crippen LogP contribution in [0.3, 0.4) is 0 Å². The van der Waals surface area contributed by atoms with Crippen molar-refractivity contribution in [2.24, 2.45) is 10.2 Å². The van der Waals surface area contributed by atoms with Crippen molar-refractivity contribution in [2.45, 2.75) is 11.1 Å². The molecule has 0 aromatic heterocycles. The van der Waals surface area contributed by atoms with Gasteiger partial charge in [0.25, 0.3) is 10.1 Å². The van der Waals surface area contributed by atoms with Gasteiger partial charge >= 0.3 is 6.18 Å². The van der Waals surface area contributed by atoms with E-state index in [-0.39, 0.29) is 16.8 Å². The van der Waals surface area contributed by atoms with Gasteiger partial charge in [-0.25, -0.2) is 0 Å². The molecule has 3 aromatic carbocycles. The summed E-state index contributed by atoms with van der Waals surface area (Å²) in [5.74, 6) is -0.450. The first kappa shape index (κ1) is 18.8. The minimum atomic E-state index is -4.64. The highest BCUT2D eigenvalue weighted by atomic mass is 32.2. The van der Waals surface area contributed by atoms with E-state index in [4.69, 9.17) is 0 Å². The highest BCUT2D eigenvalue weighted by Gasteiger charge is 2.30. The highest BCUT2D eigenvalue weighted by molar-refractivity contribution is 7.86. The second-order valence-corrected chi connectivity index (χ2v) is 6.90. The van der Waals surface area contributed by atoms with Gasteiger partial charge < -0.3 is 5.11 Å². The fraction of sp³-hybridized carbons (Fsp3) is 0.0588. The number of phenols is 1. The molecule has 0 heterocycles. The molecule has 0 atom stereocenters. The Hall–Kier alpha value is -2.98. The van der Waals surface area contributed by atoms with Gasteiger partial charge in [0, 0.05) is 5.39 Å². The van der Waals surface area contributed by atoms with E-state index in [0.717, 1.165) is 24.3 Å². The van der Waals surface area contributed by atoms with Crippen molar-refractivity contribution in [1.29, 1.82) is 0 Å². The monoisotopic (exact) mass is 396 g/mol. The molecule has 140 valence electrons. The average molecular weight is 396 g/mol. The molecule has 0 saturated heterocycles. The first-order valence-electron chi connectivity index (χ1n) is 7.38. The Kier molecular flexibility index (Phi) is 4.62. The maximum Gasteiger partial charge on any atom is 0.416 e. The van der Waals surface area contributed by atoms with Crippen LogP contribution >= 0.6 is 0 Å². The van der Waals surface area contributed by atoms with E-state index < -0.39 is 32.5 Å². The Morgan fingerprint density at radius 2 is 1.63 bits per heavy atom. The van der Waals surface area contributed by atoms with E-state index in [2.05, 4.69) is 10.2 Å². The van der Waals surface area contributed by atoms with Gasteiger partial charge in [0.05, 0.1) is 11.3 Å². The van der Waals surface area contributed by atoms with Crippen molar-refractivity contribution in [3.05, 3.63) is 60.2 Å². The normalized spacial score (nSPS) is 12.7. The number of azo groups is 1. The van der Waals surface area contributed by atoms with Gasteiger partial charge in [-0.15, -0.1) is 5.11 Å². The number of fused-ring (bicyclic) bond motifs is 1. The summed E-state index contributed by atoms with van der Waals surface area (Å²) >= 11 is 0. The quantitative estimate of drug-likeness (QED) is 0.468. The molecule has 6 nitrogen and oxygen atoms in total. The minimum Gasteiger partial charge on any atom is -0.506 e. The Balaban J connectivity index is 2.18. The SMILES string of the molecule is O=S(=O)(O)c1cccc2ccc(O)c(N=Nc3cccc(C(F)(F)F)c3)c12. The zero-order chi connectivity index (χ0) is 19.8. The molecule has 0 amide bonds. The van der Waals surface area contributed by atoms with Crippen LogP contribution in [0, 0.1) is 0 Å². The van der Waals surface area contributed by atoms with Crippen molar-refractivity contribution in [2.75, 3.05) is 0 Å². The summed E-state index contributed by atoms with van der Waals surface area (Å²) in [5, 5.41) is 17.7. The van der Waals surface area contributed by atoms with Gasteiger partial charge in [-0.2, -0.15) is 26.7 Å². The molecule has 0 aliphatic carbocycles. The van der Waals surface area contributed by atoms with Gasteiger partial charge in [0.2, 0.25) is 0 Å². The van der Waals surface area contributed by atoms with E-state index >= 15 is 0 Å². The molecule has 0 bridgehead atoms. The summed E-state index contributed by atoms with van der Waals surface area (Å²) in [4.78, 5) is -0.506. The fourth-order valence-corrected chi connectivity index (χ4v) is 3.21. The van der Waals surface area contributed by atoms with Crippen molar-refractivity contribution in [3.8, 4) is 5.75 Å². The Bertz CT molecular complexity index is 1160. The van der Waals surface area contributed by atoms with Crippen molar-refractivity contribution >= 4 is 32.3 Å². The van der Waals surface area contributed by atoms with Crippen LogP contribution in [0.15, 0.2) is 69.7 Å². The number of rotatable bonds is 3. The number of hydrogen-bond donors (Lipinski definition) is 2. The van der Waals surface area contributed by atoms with E-state index in [0.29, 0.717) is 5.39 Å². The number of phenolic OH excluding ortho intramolecular Hbond substituents is 1. The van der Waals surface area contributed by atoms with E-state index in [9.17, 15) is 31.2 Å². The maximum atomic E-state index is 12.8. The molecule has 2 N–H and O–H groups in total. The molecule has 0 aliphatic rings.